The van der Waals surface area contributed by atoms with Gasteiger partial charge in [-0.25, -0.2) is 0 Å². The van der Waals surface area contributed by atoms with E-state index in [9.17, 15) is 4.79 Å². The van der Waals surface area contributed by atoms with Crippen molar-refractivity contribution in [1.82, 2.24) is 0 Å². The number of anilines is 2. The Hall–Kier alpha value is -1.55. The zero-order valence-electron chi connectivity index (χ0n) is 10.0. The summed E-state index contributed by atoms with van der Waals surface area (Å²) >= 11 is 0. The van der Waals surface area contributed by atoms with Crippen LogP contribution in [-0.4, -0.2) is 25.7 Å². The lowest BCUT2D eigenvalue weighted by Gasteiger charge is -2.27. The second-order valence-electron chi connectivity index (χ2n) is 4.33. The molecule has 17 heavy (non-hydrogen) atoms. The highest BCUT2D eigenvalue weighted by molar-refractivity contribution is 5.92. The van der Waals surface area contributed by atoms with E-state index in [1.807, 2.05) is 24.3 Å². The first-order valence-corrected chi connectivity index (χ1v) is 5.93. The third-order valence-corrected chi connectivity index (χ3v) is 2.90. The number of benzene rings is 1. The van der Waals surface area contributed by atoms with Crippen LogP contribution in [0.4, 0.5) is 11.4 Å². The minimum absolute atomic E-state index is 0.0836. The molecule has 0 spiro atoms. The quantitative estimate of drug-likeness (QED) is 0.821. The van der Waals surface area contributed by atoms with Gasteiger partial charge in [0, 0.05) is 24.5 Å². The van der Waals surface area contributed by atoms with Crippen LogP contribution in [0.1, 0.15) is 19.3 Å². The molecule has 0 aliphatic heterocycles. The number of rotatable bonds is 5. The number of carbonyl (C=O) groups excluding carboxylic acids is 1. The van der Waals surface area contributed by atoms with E-state index in [0.717, 1.165) is 11.4 Å². The maximum atomic E-state index is 11.4. The summed E-state index contributed by atoms with van der Waals surface area (Å²) < 4.78 is 4.77. The molecule has 0 atom stereocenters. The van der Waals surface area contributed by atoms with Crippen LogP contribution in [0.15, 0.2) is 24.3 Å². The Bertz CT molecular complexity index is 389. The zero-order chi connectivity index (χ0) is 12.1. The van der Waals surface area contributed by atoms with Gasteiger partial charge in [-0.2, -0.15) is 0 Å². The van der Waals surface area contributed by atoms with Crippen molar-refractivity contribution in [2.75, 3.05) is 24.4 Å². The highest BCUT2D eigenvalue weighted by Gasteiger charge is 2.16. The predicted octanol–water partition coefficient (Wildman–Crippen LogP) is 2.24. The number of nitrogens with one attached hydrogen (secondary N) is 2. The molecule has 1 aromatic rings. The largest absolute Gasteiger partial charge is 0.382 e. The summed E-state index contributed by atoms with van der Waals surface area (Å²) in [6.45, 7) is 0.0836. The van der Waals surface area contributed by atoms with Gasteiger partial charge in [-0.05, 0) is 37.5 Å². The molecule has 92 valence electrons. The molecule has 0 radical (unpaired) electrons. The average molecular weight is 234 g/mol. The van der Waals surface area contributed by atoms with Crippen molar-refractivity contribution >= 4 is 17.3 Å². The van der Waals surface area contributed by atoms with E-state index < -0.39 is 0 Å². The van der Waals surface area contributed by atoms with Gasteiger partial charge < -0.3 is 15.4 Å². The van der Waals surface area contributed by atoms with Gasteiger partial charge in [0.15, 0.2) is 0 Å². The SMILES string of the molecule is COCC(=O)Nc1cccc(NC2CCC2)c1. The molecule has 2 rings (SSSR count). The monoisotopic (exact) mass is 234 g/mol. The molecule has 0 saturated heterocycles. The molecule has 2 N–H and O–H groups in total. The molecule has 0 bridgehead atoms. The van der Waals surface area contributed by atoms with Gasteiger partial charge in [-0.3, -0.25) is 4.79 Å². The number of amides is 1. The molecule has 1 aromatic carbocycles. The Labute approximate surface area is 101 Å². The lowest BCUT2D eigenvalue weighted by Crippen LogP contribution is -2.27. The Morgan fingerprint density at radius 3 is 2.82 bits per heavy atom. The molecule has 4 heteroatoms. The Kier molecular flexibility index (Phi) is 3.98. The standard InChI is InChI=1S/C13H18N2O2/c1-17-9-13(16)15-12-7-3-6-11(8-12)14-10-4-2-5-10/h3,6-8,10,14H,2,4-5,9H2,1H3,(H,15,16). The minimum atomic E-state index is -0.131. The van der Waals surface area contributed by atoms with E-state index >= 15 is 0 Å². The molecule has 1 aliphatic rings. The van der Waals surface area contributed by atoms with Gasteiger partial charge in [0.05, 0.1) is 0 Å². The summed E-state index contributed by atoms with van der Waals surface area (Å²) in [5.74, 6) is -0.131. The molecule has 0 heterocycles. The highest BCUT2D eigenvalue weighted by atomic mass is 16.5. The Balaban J connectivity index is 1.93. The van der Waals surface area contributed by atoms with E-state index in [-0.39, 0.29) is 12.5 Å². The predicted molar refractivity (Wildman–Crippen MR) is 68.2 cm³/mol. The van der Waals surface area contributed by atoms with Crippen LogP contribution in [0, 0.1) is 0 Å². The fourth-order valence-corrected chi connectivity index (χ4v) is 1.80. The molecule has 0 aromatic heterocycles. The van der Waals surface area contributed by atoms with E-state index in [0.29, 0.717) is 6.04 Å². The number of hydrogen-bond acceptors (Lipinski definition) is 3. The third kappa shape index (κ3) is 3.46. The molecule has 1 fully saturated rings. The van der Waals surface area contributed by atoms with Crippen molar-refractivity contribution < 1.29 is 9.53 Å². The van der Waals surface area contributed by atoms with Crippen LogP contribution in [0.25, 0.3) is 0 Å². The highest BCUT2D eigenvalue weighted by Crippen LogP contribution is 2.24. The summed E-state index contributed by atoms with van der Waals surface area (Å²) in [5, 5.41) is 6.23. The molecule has 1 saturated carbocycles. The van der Waals surface area contributed by atoms with Crippen molar-refractivity contribution in [1.29, 1.82) is 0 Å². The van der Waals surface area contributed by atoms with Crippen LogP contribution in [0.3, 0.4) is 0 Å². The van der Waals surface area contributed by atoms with Gasteiger partial charge in [-0.1, -0.05) is 6.07 Å². The Morgan fingerprint density at radius 1 is 1.41 bits per heavy atom. The van der Waals surface area contributed by atoms with Crippen molar-refractivity contribution in [2.45, 2.75) is 25.3 Å². The first-order valence-electron chi connectivity index (χ1n) is 5.93. The fourth-order valence-electron chi connectivity index (χ4n) is 1.80. The summed E-state index contributed by atoms with van der Waals surface area (Å²) in [7, 11) is 1.51. The van der Waals surface area contributed by atoms with Crippen LogP contribution in [0.2, 0.25) is 0 Å². The molecule has 4 nitrogen and oxygen atoms in total. The normalized spacial score (nSPS) is 15.1. The van der Waals surface area contributed by atoms with Gasteiger partial charge >= 0.3 is 0 Å². The number of methoxy groups -OCH3 is 1. The minimum Gasteiger partial charge on any atom is -0.382 e. The van der Waals surface area contributed by atoms with E-state index in [1.54, 1.807) is 0 Å². The van der Waals surface area contributed by atoms with E-state index in [2.05, 4.69) is 10.6 Å². The molecule has 1 amide bonds. The van der Waals surface area contributed by atoms with Crippen LogP contribution in [0.5, 0.6) is 0 Å². The molecule has 1 aliphatic carbocycles. The van der Waals surface area contributed by atoms with Gasteiger partial charge in [-0.15, -0.1) is 0 Å². The maximum absolute atomic E-state index is 11.4. The lowest BCUT2D eigenvalue weighted by molar-refractivity contribution is -0.119. The fraction of sp³-hybridized carbons (Fsp3) is 0.462. The second kappa shape index (κ2) is 5.68. The molecular formula is C13H18N2O2. The second-order valence-corrected chi connectivity index (χ2v) is 4.33. The zero-order valence-corrected chi connectivity index (χ0v) is 10.0. The number of hydrogen-bond donors (Lipinski definition) is 2. The summed E-state index contributed by atoms with van der Waals surface area (Å²) in [6.07, 6.45) is 3.78. The lowest BCUT2D eigenvalue weighted by atomic mass is 9.93. The number of carbonyl (C=O) groups is 1. The van der Waals surface area contributed by atoms with Gasteiger partial charge in [0.25, 0.3) is 0 Å². The summed E-state index contributed by atoms with van der Waals surface area (Å²) in [4.78, 5) is 11.4. The third-order valence-electron chi connectivity index (χ3n) is 2.90. The van der Waals surface area contributed by atoms with Crippen LogP contribution in [-0.2, 0) is 9.53 Å². The van der Waals surface area contributed by atoms with Crippen molar-refractivity contribution in [2.24, 2.45) is 0 Å². The van der Waals surface area contributed by atoms with Gasteiger partial charge in [0.1, 0.15) is 6.61 Å². The van der Waals surface area contributed by atoms with Crippen molar-refractivity contribution in [3.8, 4) is 0 Å². The summed E-state index contributed by atoms with van der Waals surface area (Å²) in [5.41, 5.74) is 1.86. The van der Waals surface area contributed by atoms with Crippen molar-refractivity contribution in [3.63, 3.8) is 0 Å². The number of ether oxygens (including phenoxy) is 1. The Morgan fingerprint density at radius 2 is 2.18 bits per heavy atom. The van der Waals surface area contributed by atoms with Gasteiger partial charge in [0.2, 0.25) is 5.91 Å². The average Bonchev–Trinajstić information content (AvgIpc) is 2.24. The maximum Gasteiger partial charge on any atom is 0.250 e. The van der Waals surface area contributed by atoms with Crippen LogP contribution < -0.4 is 10.6 Å². The van der Waals surface area contributed by atoms with E-state index in [1.165, 1.54) is 26.4 Å². The van der Waals surface area contributed by atoms with Crippen LogP contribution >= 0.6 is 0 Å². The van der Waals surface area contributed by atoms with Crippen molar-refractivity contribution in [3.05, 3.63) is 24.3 Å². The topological polar surface area (TPSA) is 50.4 Å². The molecular weight excluding hydrogens is 216 g/mol. The summed E-state index contributed by atoms with van der Waals surface area (Å²) in [6, 6.07) is 8.37. The first-order chi connectivity index (χ1) is 8.28. The molecule has 0 unspecified atom stereocenters. The van der Waals surface area contributed by atoms with E-state index in [4.69, 9.17) is 4.74 Å². The smallest absolute Gasteiger partial charge is 0.250 e. The first kappa shape index (κ1) is 11.9.